The van der Waals surface area contributed by atoms with Crippen LogP contribution in [-0.4, -0.2) is 45.5 Å². The number of carbonyl (C=O) groups is 1. The minimum Gasteiger partial charge on any atom is -0.508 e. The summed E-state index contributed by atoms with van der Waals surface area (Å²) in [7, 11) is 1.68. The third-order valence-electron chi connectivity index (χ3n) is 3.01. The lowest BCUT2D eigenvalue weighted by Gasteiger charge is -2.03. The molecule has 2 rings (SSSR count). The second-order valence-electron chi connectivity index (χ2n) is 5.29. The Hall–Kier alpha value is -3.26. The lowest BCUT2D eigenvalue weighted by molar-refractivity contribution is 0.101. The summed E-state index contributed by atoms with van der Waals surface area (Å²) in [6, 6.07) is 8.27. The Morgan fingerprint density at radius 2 is 1.37 bits per heavy atom. The van der Waals surface area contributed by atoms with E-state index in [1.807, 2.05) is 6.92 Å². The van der Waals surface area contributed by atoms with Gasteiger partial charge in [0.2, 0.25) is 0 Å². The van der Waals surface area contributed by atoms with Crippen molar-refractivity contribution in [1.82, 2.24) is 5.43 Å². The molecule has 0 aliphatic heterocycles. The van der Waals surface area contributed by atoms with Gasteiger partial charge in [0.25, 0.3) is 0 Å². The second-order valence-corrected chi connectivity index (χ2v) is 5.29. The molecule has 0 saturated heterocycles. The quantitative estimate of drug-likeness (QED) is 0.273. The molecule has 0 aliphatic carbocycles. The maximum atomic E-state index is 10.7. The zero-order valence-electron chi connectivity index (χ0n) is 15.9. The molecule has 0 aromatic heterocycles. The van der Waals surface area contributed by atoms with E-state index >= 15 is 0 Å². The third kappa shape index (κ3) is 8.59. The number of hydrogen-bond donors (Lipinski definition) is 6. The first kappa shape index (κ1) is 23.7. The van der Waals surface area contributed by atoms with Gasteiger partial charge in [-0.3, -0.25) is 4.79 Å². The van der Waals surface area contributed by atoms with Crippen LogP contribution in [0.3, 0.4) is 0 Å². The number of rotatable bonds is 3. The molecule has 27 heavy (non-hydrogen) atoms. The molecule has 0 saturated carbocycles. The van der Waals surface area contributed by atoms with Gasteiger partial charge in [-0.05, 0) is 44.7 Å². The van der Waals surface area contributed by atoms with Crippen molar-refractivity contribution in [1.29, 1.82) is 0 Å². The molecule has 0 aliphatic rings. The molecule has 0 spiro atoms. The Kier molecular flexibility index (Phi) is 10.7. The fourth-order valence-electron chi connectivity index (χ4n) is 1.87. The highest BCUT2D eigenvalue weighted by Crippen LogP contribution is 2.23. The van der Waals surface area contributed by atoms with Crippen molar-refractivity contribution in [2.24, 2.45) is 10.8 Å². The molecule has 7 N–H and O–H groups in total. The molecular weight excluding hydrogens is 350 g/mol. The molecule has 0 amide bonds. The zero-order valence-corrected chi connectivity index (χ0v) is 15.9. The van der Waals surface area contributed by atoms with Crippen LogP contribution in [0.5, 0.6) is 23.0 Å². The third-order valence-corrected chi connectivity index (χ3v) is 3.01. The zero-order chi connectivity index (χ0) is 21.0. The van der Waals surface area contributed by atoms with Gasteiger partial charge in [-0.15, -0.1) is 0 Å². The van der Waals surface area contributed by atoms with Crippen LogP contribution in [0.4, 0.5) is 0 Å². The van der Waals surface area contributed by atoms with Gasteiger partial charge >= 0.3 is 0 Å². The largest absolute Gasteiger partial charge is 0.508 e. The summed E-state index contributed by atoms with van der Waals surface area (Å²) in [6.45, 7) is 5.77. The molecule has 0 unspecified atom stereocenters. The van der Waals surface area contributed by atoms with E-state index in [1.54, 1.807) is 20.0 Å². The summed E-state index contributed by atoms with van der Waals surface area (Å²) >= 11 is 0. The predicted molar refractivity (Wildman–Crippen MR) is 106 cm³/mol. The van der Waals surface area contributed by atoms with E-state index in [4.69, 9.17) is 21.1 Å². The molecule has 0 heterocycles. The van der Waals surface area contributed by atoms with Crippen molar-refractivity contribution >= 4 is 11.5 Å². The monoisotopic (exact) mass is 377 g/mol. The van der Waals surface area contributed by atoms with Gasteiger partial charge in [-0.1, -0.05) is 6.92 Å². The Morgan fingerprint density at radius 1 is 0.963 bits per heavy atom. The number of ketones is 1. The second kappa shape index (κ2) is 12.2. The van der Waals surface area contributed by atoms with Crippen LogP contribution in [0.2, 0.25) is 0 Å². The number of nitrogens with zero attached hydrogens (tertiary/aromatic N) is 1. The van der Waals surface area contributed by atoms with E-state index in [1.165, 1.54) is 31.2 Å². The summed E-state index contributed by atoms with van der Waals surface area (Å²) < 4.78 is 0. The number of nitrogens with one attached hydrogen (secondary N) is 1. The van der Waals surface area contributed by atoms with Crippen molar-refractivity contribution in [3.8, 4) is 23.0 Å². The molecule has 2 aromatic rings. The smallest absolute Gasteiger partial charge is 0.163 e. The number of hydrogen-bond acceptors (Lipinski definition) is 8. The minimum absolute atomic E-state index is 0.0245. The first-order valence-corrected chi connectivity index (χ1v) is 8.14. The van der Waals surface area contributed by atoms with Crippen LogP contribution in [0, 0.1) is 0 Å². The van der Waals surface area contributed by atoms with E-state index in [2.05, 4.69) is 10.5 Å². The van der Waals surface area contributed by atoms with Crippen molar-refractivity contribution in [3.05, 3.63) is 47.5 Å². The Morgan fingerprint density at radius 3 is 1.70 bits per heavy atom. The van der Waals surface area contributed by atoms with Crippen LogP contribution < -0.4 is 11.2 Å². The highest BCUT2D eigenvalue weighted by atomic mass is 16.3. The van der Waals surface area contributed by atoms with Gasteiger partial charge in [0, 0.05) is 24.7 Å². The number of benzene rings is 2. The summed E-state index contributed by atoms with van der Waals surface area (Å²) in [4.78, 5) is 10.7. The Balaban J connectivity index is 0.000000442. The summed E-state index contributed by atoms with van der Waals surface area (Å²) in [5.41, 5.74) is 8.96. The van der Waals surface area contributed by atoms with Crippen LogP contribution in [0.25, 0.3) is 0 Å². The van der Waals surface area contributed by atoms with Gasteiger partial charge in [-0.2, -0.15) is 5.10 Å². The van der Waals surface area contributed by atoms with Crippen molar-refractivity contribution in [2.45, 2.75) is 20.8 Å². The van der Waals surface area contributed by atoms with Gasteiger partial charge < -0.3 is 31.6 Å². The first-order valence-electron chi connectivity index (χ1n) is 8.14. The maximum Gasteiger partial charge on any atom is 0.163 e. The minimum atomic E-state index is -0.220. The summed E-state index contributed by atoms with van der Waals surface area (Å²) in [5, 5.41) is 40.3. The number of aromatic hydroxyl groups is 4. The van der Waals surface area contributed by atoms with Crippen LogP contribution in [0.15, 0.2) is 41.5 Å². The number of phenols is 4. The summed E-state index contributed by atoms with van der Waals surface area (Å²) in [6.07, 6.45) is 0. The van der Waals surface area contributed by atoms with E-state index in [9.17, 15) is 9.90 Å². The standard InChI is InChI=1S/C9H12N2O2.C8H8O3.C2H7N/c1-6(11-10-2)8-4-3-7(12)5-9(8)13;1-5(9)7-3-2-6(10)4-8(7)11;1-2-3/h3-5,10,12-13H,1-2H3;2-4,10-11H,1H3;2-3H2,1H3/b11-6+;;. The normalized spacial score (nSPS) is 10.0. The highest BCUT2D eigenvalue weighted by Gasteiger charge is 2.05. The maximum absolute atomic E-state index is 10.7. The first-order chi connectivity index (χ1) is 12.7. The lowest BCUT2D eigenvalue weighted by Crippen LogP contribution is -2.03. The number of carbonyl (C=O) groups excluding carboxylic acids is 1. The van der Waals surface area contributed by atoms with Crippen molar-refractivity contribution in [3.63, 3.8) is 0 Å². The average molecular weight is 377 g/mol. The lowest BCUT2D eigenvalue weighted by atomic mass is 10.1. The predicted octanol–water partition coefficient (Wildman–Crippen LogP) is 2.31. The van der Waals surface area contributed by atoms with Crippen LogP contribution >= 0.6 is 0 Å². The van der Waals surface area contributed by atoms with Gasteiger partial charge in [0.15, 0.2) is 5.78 Å². The number of phenolic OH excluding ortho intramolecular Hbond substituents is 4. The fourth-order valence-corrected chi connectivity index (χ4v) is 1.87. The fraction of sp³-hybridized carbons (Fsp3) is 0.263. The SMILES string of the molecule is CC(=O)c1ccc(O)cc1O.CCN.CN/N=C(\C)c1ccc(O)cc1O. The molecule has 0 atom stereocenters. The molecule has 2 aromatic carbocycles. The van der Waals surface area contributed by atoms with E-state index in [0.717, 1.165) is 12.6 Å². The Bertz CT molecular complexity index is 776. The highest BCUT2D eigenvalue weighted by molar-refractivity contribution is 6.01. The van der Waals surface area contributed by atoms with Crippen LogP contribution in [0.1, 0.15) is 36.7 Å². The Labute approximate surface area is 158 Å². The molecular formula is C19H27N3O5. The van der Waals surface area contributed by atoms with Gasteiger partial charge in [0.1, 0.15) is 23.0 Å². The van der Waals surface area contributed by atoms with Crippen molar-refractivity contribution in [2.75, 3.05) is 13.6 Å². The molecule has 148 valence electrons. The van der Waals surface area contributed by atoms with Gasteiger partial charge in [-0.25, -0.2) is 0 Å². The molecule has 0 bridgehead atoms. The van der Waals surface area contributed by atoms with E-state index in [0.29, 0.717) is 11.3 Å². The molecule has 0 radical (unpaired) electrons. The van der Waals surface area contributed by atoms with E-state index < -0.39 is 0 Å². The van der Waals surface area contributed by atoms with E-state index in [-0.39, 0.29) is 34.3 Å². The number of hydrazone groups is 1. The van der Waals surface area contributed by atoms with Crippen molar-refractivity contribution < 1.29 is 25.2 Å². The topological polar surface area (TPSA) is 148 Å². The summed E-state index contributed by atoms with van der Waals surface area (Å²) in [5.74, 6) is -0.387. The average Bonchev–Trinajstić information content (AvgIpc) is 2.55. The molecule has 8 nitrogen and oxygen atoms in total. The molecule has 0 fully saturated rings. The molecule has 8 heteroatoms. The number of Topliss-reactive ketones (excluding diaryl/α,β-unsaturated/α-hetero) is 1. The van der Waals surface area contributed by atoms with Gasteiger partial charge in [0.05, 0.1) is 11.3 Å². The van der Waals surface area contributed by atoms with Crippen LogP contribution in [-0.2, 0) is 0 Å². The number of nitrogens with two attached hydrogens (primary N) is 1.